The molecule has 0 unspecified atom stereocenters. The van der Waals surface area contributed by atoms with Gasteiger partial charge in [-0.2, -0.15) is 18.2 Å². The number of aliphatic hydroxyl groups is 1. The minimum Gasteiger partial charge on any atom is -0.495 e. The Labute approximate surface area is 265 Å². The minimum atomic E-state index is -4.80. The molecule has 2 aromatic carbocycles. The number of rotatable bonds is 13. The molecular weight excluding hydrogens is 626 g/mol. The maximum atomic E-state index is 14.1. The summed E-state index contributed by atoms with van der Waals surface area (Å²) in [4.78, 5) is 20.9. The van der Waals surface area contributed by atoms with Gasteiger partial charge in [0.1, 0.15) is 17.1 Å². The lowest BCUT2D eigenvalue weighted by atomic mass is 9.82. The Hall–Kier alpha value is -3.71. The van der Waals surface area contributed by atoms with Gasteiger partial charge < -0.3 is 34.8 Å². The van der Waals surface area contributed by atoms with E-state index in [0.717, 1.165) is 18.4 Å². The summed E-state index contributed by atoms with van der Waals surface area (Å²) in [6.07, 6.45) is -1.75. The Morgan fingerprint density at radius 1 is 1.02 bits per heavy atom. The van der Waals surface area contributed by atoms with E-state index in [1.807, 2.05) is 0 Å². The van der Waals surface area contributed by atoms with E-state index in [1.165, 1.54) is 14.2 Å². The lowest BCUT2D eigenvalue weighted by Crippen LogP contribution is -2.21. The number of halogens is 3. The summed E-state index contributed by atoms with van der Waals surface area (Å²) in [6.45, 7) is 3.84. The quantitative estimate of drug-likeness (QED) is 0.139. The topological polar surface area (TPSA) is 144 Å². The van der Waals surface area contributed by atoms with Crippen molar-refractivity contribution in [1.82, 2.24) is 15.3 Å². The summed E-state index contributed by atoms with van der Waals surface area (Å²) >= 11 is 0. The maximum absolute atomic E-state index is 14.1. The van der Waals surface area contributed by atoms with Crippen LogP contribution >= 0.6 is 7.60 Å². The van der Waals surface area contributed by atoms with Crippen molar-refractivity contribution in [1.29, 1.82) is 0 Å². The summed E-state index contributed by atoms with van der Waals surface area (Å²) in [7, 11) is -0.546. The number of carbonyl (C=O) groups is 1. The molecule has 1 aromatic heterocycles. The van der Waals surface area contributed by atoms with Crippen molar-refractivity contribution in [2.24, 2.45) is 0 Å². The SMILES string of the molecule is CCOP(=O)(Cc1ccc(Nc2ncc(C(F)(F)F)c(Nc3ccc([C@H]4CC[C@H](O)CC4)cc3C(=O)NC)n2)c(OC)c1)OCC. The number of aliphatic hydroxyl groups excluding tert-OH is 1. The van der Waals surface area contributed by atoms with Crippen LogP contribution in [0.4, 0.5) is 36.3 Å². The van der Waals surface area contributed by atoms with Crippen LogP contribution in [0.25, 0.3) is 0 Å². The van der Waals surface area contributed by atoms with Crippen molar-refractivity contribution in [3.63, 3.8) is 0 Å². The lowest BCUT2D eigenvalue weighted by Gasteiger charge is -2.26. The predicted molar refractivity (Wildman–Crippen MR) is 168 cm³/mol. The van der Waals surface area contributed by atoms with E-state index in [9.17, 15) is 27.6 Å². The van der Waals surface area contributed by atoms with E-state index < -0.39 is 31.1 Å². The third-order valence-electron chi connectivity index (χ3n) is 7.57. The molecule has 1 aliphatic carbocycles. The first-order valence-corrected chi connectivity index (χ1v) is 16.7. The van der Waals surface area contributed by atoms with E-state index in [1.54, 1.807) is 50.2 Å². The lowest BCUT2D eigenvalue weighted by molar-refractivity contribution is -0.137. The fraction of sp³-hybridized carbons (Fsp3) is 0.452. The molecule has 0 saturated heterocycles. The number of nitrogens with one attached hydrogen (secondary N) is 3. The Balaban J connectivity index is 1.65. The van der Waals surface area contributed by atoms with Crippen molar-refractivity contribution in [3.8, 4) is 5.75 Å². The van der Waals surface area contributed by atoms with Gasteiger partial charge in [-0.15, -0.1) is 0 Å². The molecule has 3 aromatic rings. The maximum Gasteiger partial charge on any atom is 0.421 e. The number of methoxy groups -OCH3 is 1. The molecule has 0 bridgehead atoms. The number of anilines is 4. The van der Waals surface area contributed by atoms with Gasteiger partial charge in [0.25, 0.3) is 5.91 Å². The summed E-state index contributed by atoms with van der Waals surface area (Å²) in [5.41, 5.74) is 0.957. The van der Waals surface area contributed by atoms with Crippen molar-refractivity contribution < 1.29 is 41.4 Å². The predicted octanol–water partition coefficient (Wildman–Crippen LogP) is 7.14. The highest BCUT2D eigenvalue weighted by Crippen LogP contribution is 2.51. The smallest absolute Gasteiger partial charge is 0.421 e. The average molecular weight is 666 g/mol. The van der Waals surface area contributed by atoms with Gasteiger partial charge in [-0.05, 0) is 80.8 Å². The second kappa shape index (κ2) is 15.3. The van der Waals surface area contributed by atoms with Gasteiger partial charge in [-0.25, -0.2) is 4.98 Å². The molecule has 4 rings (SSSR count). The summed E-state index contributed by atoms with van der Waals surface area (Å²) in [5, 5.41) is 18.0. The minimum absolute atomic E-state index is 0.00860. The molecular formula is C31H39F3N5O6P. The standard InChI is InChI=1S/C31H39F3N5O6P/c1-5-44-46(42,45-6-2)18-19-7-13-26(27(15-19)43-4)38-30-36-17-24(31(32,33)34)28(39-30)37-25-14-10-21(16-23(25)29(41)35-3)20-8-11-22(40)12-9-20/h7,10,13-17,20,22,40H,5-6,8-9,11-12,18H2,1-4H3,(H,35,41)(H2,36,37,38,39)/t20-,22-. The van der Waals surface area contributed by atoms with Gasteiger partial charge in [0.15, 0.2) is 0 Å². The molecule has 15 heteroatoms. The molecule has 4 N–H and O–H groups in total. The van der Waals surface area contributed by atoms with Crippen LogP contribution in [0.5, 0.6) is 5.75 Å². The molecule has 11 nitrogen and oxygen atoms in total. The number of amides is 1. The molecule has 1 aliphatic rings. The van der Waals surface area contributed by atoms with Crippen LogP contribution in [0, 0.1) is 0 Å². The molecule has 0 radical (unpaired) electrons. The van der Waals surface area contributed by atoms with Gasteiger partial charge in [-0.1, -0.05) is 12.1 Å². The monoisotopic (exact) mass is 665 g/mol. The molecule has 1 heterocycles. The van der Waals surface area contributed by atoms with Crippen LogP contribution in [0.2, 0.25) is 0 Å². The van der Waals surface area contributed by atoms with Crippen molar-refractivity contribution in [3.05, 3.63) is 64.8 Å². The second-order valence-electron chi connectivity index (χ2n) is 10.7. The molecule has 1 amide bonds. The van der Waals surface area contributed by atoms with E-state index in [-0.39, 0.29) is 48.6 Å². The zero-order valence-electron chi connectivity index (χ0n) is 26.1. The number of nitrogens with zero attached hydrogens (tertiary/aromatic N) is 2. The van der Waals surface area contributed by atoms with Gasteiger partial charge in [0.2, 0.25) is 5.95 Å². The number of aromatic nitrogens is 2. The molecule has 0 atom stereocenters. The largest absolute Gasteiger partial charge is 0.495 e. The molecule has 250 valence electrons. The Bertz CT molecular complexity index is 1560. The number of hydrogen-bond donors (Lipinski definition) is 4. The highest BCUT2D eigenvalue weighted by atomic mass is 31.2. The molecule has 46 heavy (non-hydrogen) atoms. The van der Waals surface area contributed by atoms with Crippen LogP contribution in [0.1, 0.15) is 72.5 Å². The van der Waals surface area contributed by atoms with E-state index >= 15 is 0 Å². The highest BCUT2D eigenvalue weighted by molar-refractivity contribution is 7.53. The van der Waals surface area contributed by atoms with Crippen LogP contribution in [0.3, 0.4) is 0 Å². The normalized spacial score (nSPS) is 17.0. The first kappa shape index (κ1) is 35.1. The van der Waals surface area contributed by atoms with Gasteiger partial charge in [0.05, 0.1) is 49.5 Å². The number of carbonyl (C=O) groups excluding carboxylic acids is 1. The van der Waals surface area contributed by atoms with Crippen LogP contribution in [-0.4, -0.2) is 54.5 Å². The first-order chi connectivity index (χ1) is 21.9. The van der Waals surface area contributed by atoms with E-state index in [2.05, 4.69) is 25.9 Å². The third kappa shape index (κ3) is 8.75. The van der Waals surface area contributed by atoms with Gasteiger partial charge in [0, 0.05) is 13.2 Å². The fourth-order valence-electron chi connectivity index (χ4n) is 5.33. The fourth-order valence-corrected chi connectivity index (χ4v) is 7.02. The Kier molecular flexibility index (Phi) is 11.7. The zero-order chi connectivity index (χ0) is 33.5. The van der Waals surface area contributed by atoms with E-state index in [0.29, 0.717) is 36.0 Å². The molecule has 0 aliphatic heterocycles. The number of hydrogen-bond acceptors (Lipinski definition) is 10. The Morgan fingerprint density at radius 3 is 2.30 bits per heavy atom. The zero-order valence-corrected chi connectivity index (χ0v) is 27.0. The number of benzene rings is 2. The molecule has 0 spiro atoms. The Morgan fingerprint density at radius 2 is 1.70 bits per heavy atom. The molecule has 1 fully saturated rings. The highest BCUT2D eigenvalue weighted by Gasteiger charge is 2.36. The third-order valence-corrected chi connectivity index (χ3v) is 9.63. The summed E-state index contributed by atoms with van der Waals surface area (Å²) in [5.74, 6) is -0.802. The van der Waals surface area contributed by atoms with Crippen LogP contribution in [-0.2, 0) is 26.0 Å². The van der Waals surface area contributed by atoms with Crippen LogP contribution < -0.4 is 20.7 Å². The first-order valence-electron chi connectivity index (χ1n) is 15.0. The average Bonchev–Trinajstić information content (AvgIpc) is 3.01. The van der Waals surface area contributed by atoms with Crippen molar-refractivity contribution in [2.75, 3.05) is 38.0 Å². The molecule has 1 saturated carbocycles. The summed E-state index contributed by atoms with van der Waals surface area (Å²) in [6, 6.07) is 9.86. The van der Waals surface area contributed by atoms with Crippen molar-refractivity contribution >= 4 is 36.6 Å². The van der Waals surface area contributed by atoms with Gasteiger partial charge >= 0.3 is 13.8 Å². The van der Waals surface area contributed by atoms with E-state index in [4.69, 9.17) is 13.8 Å². The van der Waals surface area contributed by atoms with Crippen molar-refractivity contribution in [2.45, 2.75) is 63.9 Å². The summed E-state index contributed by atoms with van der Waals surface area (Å²) < 4.78 is 71.4. The number of ether oxygens (including phenoxy) is 1. The van der Waals surface area contributed by atoms with Gasteiger partial charge in [-0.3, -0.25) is 9.36 Å². The van der Waals surface area contributed by atoms with Crippen LogP contribution in [0.15, 0.2) is 42.6 Å². The second-order valence-corrected chi connectivity index (χ2v) is 12.8. The number of alkyl halides is 3.